The molecule has 0 spiro atoms. The van der Waals surface area contributed by atoms with Crippen LogP contribution in [0, 0.1) is 0 Å². The molecular formula is C30H32N4O4S. The van der Waals surface area contributed by atoms with Crippen LogP contribution in [-0.4, -0.2) is 71.2 Å². The molecule has 0 unspecified atom stereocenters. The topological polar surface area (TPSA) is 76.9 Å². The lowest BCUT2D eigenvalue weighted by Crippen LogP contribution is -2.50. The van der Waals surface area contributed by atoms with Crippen LogP contribution in [0.3, 0.4) is 0 Å². The standard InChI is InChI=1S/C30H32N4O4S/c1-3-38-30(36)33-14-12-32(13-15-33)28(35)11-7-22-16-21-5-4-20-17-24(37-2)8-9-25(20)29(21)34(22)23-6-10-26-27(18-23)39-19-31-26/h6,8-10,16-19H,3-5,7,11-15H2,1-2H3. The first-order chi connectivity index (χ1) is 19.1. The van der Waals surface area contributed by atoms with E-state index in [-0.39, 0.29) is 12.0 Å². The molecule has 1 fully saturated rings. The third kappa shape index (κ3) is 4.87. The number of methoxy groups -OCH3 is 1. The first kappa shape index (κ1) is 25.4. The van der Waals surface area contributed by atoms with Crippen LogP contribution in [-0.2, 0) is 28.8 Å². The number of piperazine rings is 1. The zero-order valence-corrected chi connectivity index (χ0v) is 23.1. The van der Waals surface area contributed by atoms with Gasteiger partial charge >= 0.3 is 6.09 Å². The van der Waals surface area contributed by atoms with Crippen molar-refractivity contribution in [2.75, 3.05) is 39.9 Å². The number of hydrogen-bond acceptors (Lipinski definition) is 6. The van der Waals surface area contributed by atoms with Gasteiger partial charge in [0.15, 0.2) is 0 Å². The van der Waals surface area contributed by atoms with Gasteiger partial charge in [-0.15, -0.1) is 11.3 Å². The number of fused-ring (bicyclic) bond motifs is 4. The molecule has 1 aliphatic heterocycles. The minimum absolute atomic E-state index is 0.118. The molecule has 1 aliphatic carbocycles. The maximum absolute atomic E-state index is 13.2. The Kier molecular flexibility index (Phi) is 6.99. The third-order valence-electron chi connectivity index (χ3n) is 7.71. The highest BCUT2D eigenvalue weighted by molar-refractivity contribution is 7.16. The molecule has 3 heterocycles. The summed E-state index contributed by atoms with van der Waals surface area (Å²) in [5, 5.41) is 0. The van der Waals surface area contributed by atoms with E-state index in [2.05, 4.69) is 45.9 Å². The largest absolute Gasteiger partial charge is 0.497 e. The monoisotopic (exact) mass is 544 g/mol. The van der Waals surface area contributed by atoms with Crippen molar-refractivity contribution in [2.24, 2.45) is 0 Å². The maximum atomic E-state index is 13.2. The van der Waals surface area contributed by atoms with E-state index in [1.807, 2.05) is 16.5 Å². The van der Waals surface area contributed by atoms with Crippen LogP contribution in [0.4, 0.5) is 4.79 Å². The molecule has 2 aliphatic rings. The molecule has 9 heteroatoms. The number of ether oxygens (including phenoxy) is 2. The number of hydrogen-bond donors (Lipinski definition) is 0. The highest BCUT2D eigenvalue weighted by Gasteiger charge is 2.27. The summed E-state index contributed by atoms with van der Waals surface area (Å²) in [6.07, 6.45) is 2.66. The van der Waals surface area contributed by atoms with Crippen LogP contribution in [0.2, 0.25) is 0 Å². The SMILES string of the molecule is CCOC(=O)N1CCN(C(=O)CCc2cc3c(n2-c2ccc4ncsc4c2)-c2ccc(OC)cc2CC3)CC1. The summed E-state index contributed by atoms with van der Waals surface area (Å²) < 4.78 is 14.1. The zero-order chi connectivity index (χ0) is 26.9. The van der Waals surface area contributed by atoms with E-state index < -0.39 is 0 Å². The quantitative estimate of drug-likeness (QED) is 0.338. The Balaban J connectivity index is 1.28. The average molecular weight is 545 g/mol. The van der Waals surface area contributed by atoms with Crippen molar-refractivity contribution >= 4 is 33.6 Å². The normalized spacial score (nSPS) is 14.7. The van der Waals surface area contributed by atoms with E-state index in [1.54, 1.807) is 30.3 Å². The molecule has 0 atom stereocenters. The smallest absolute Gasteiger partial charge is 0.409 e. The number of nitrogens with zero attached hydrogens (tertiary/aromatic N) is 4. The van der Waals surface area contributed by atoms with E-state index in [9.17, 15) is 9.59 Å². The molecule has 4 aromatic rings. The molecule has 2 amide bonds. The van der Waals surface area contributed by atoms with Gasteiger partial charge in [-0.2, -0.15) is 0 Å². The predicted molar refractivity (Wildman–Crippen MR) is 152 cm³/mol. The zero-order valence-electron chi connectivity index (χ0n) is 22.3. The molecule has 2 aromatic carbocycles. The summed E-state index contributed by atoms with van der Waals surface area (Å²) in [5.74, 6) is 0.988. The van der Waals surface area contributed by atoms with Gasteiger partial charge in [0.05, 0.1) is 35.1 Å². The molecule has 0 radical (unpaired) electrons. The summed E-state index contributed by atoms with van der Waals surface area (Å²) in [4.78, 5) is 33.3. The lowest BCUT2D eigenvalue weighted by Gasteiger charge is -2.34. The fourth-order valence-corrected chi connectivity index (χ4v) is 6.43. The molecule has 8 nitrogen and oxygen atoms in total. The van der Waals surface area contributed by atoms with Crippen molar-refractivity contribution < 1.29 is 19.1 Å². The molecule has 6 rings (SSSR count). The Morgan fingerprint density at radius 2 is 1.77 bits per heavy atom. The second kappa shape index (κ2) is 10.7. The Morgan fingerprint density at radius 1 is 0.974 bits per heavy atom. The number of carbonyl (C=O) groups excluding carboxylic acids is 2. The van der Waals surface area contributed by atoms with Gasteiger partial charge in [-0.05, 0) is 79.8 Å². The summed E-state index contributed by atoms with van der Waals surface area (Å²) in [5.41, 5.74) is 10.1. The molecule has 39 heavy (non-hydrogen) atoms. The Morgan fingerprint density at radius 3 is 2.56 bits per heavy atom. The van der Waals surface area contributed by atoms with Gasteiger partial charge in [-0.1, -0.05) is 0 Å². The van der Waals surface area contributed by atoms with Crippen LogP contribution in [0.15, 0.2) is 48.0 Å². The van der Waals surface area contributed by atoms with E-state index in [1.165, 1.54) is 22.4 Å². The summed E-state index contributed by atoms with van der Waals surface area (Å²) in [6.45, 7) is 4.24. The lowest BCUT2D eigenvalue weighted by molar-refractivity contribution is -0.132. The fourth-order valence-electron chi connectivity index (χ4n) is 5.72. The number of amides is 2. The minimum Gasteiger partial charge on any atom is -0.497 e. The third-order valence-corrected chi connectivity index (χ3v) is 8.51. The molecule has 0 N–H and O–H groups in total. The van der Waals surface area contributed by atoms with Crippen LogP contribution in [0.1, 0.15) is 30.2 Å². The average Bonchev–Trinajstić information content (AvgIpc) is 3.59. The van der Waals surface area contributed by atoms with Gasteiger partial charge in [-0.25, -0.2) is 9.78 Å². The van der Waals surface area contributed by atoms with Crippen LogP contribution in [0.25, 0.3) is 27.2 Å². The second-order valence-electron chi connectivity index (χ2n) is 9.94. The number of carbonyl (C=O) groups is 2. The van der Waals surface area contributed by atoms with E-state index in [0.29, 0.717) is 45.6 Å². The van der Waals surface area contributed by atoms with E-state index in [4.69, 9.17) is 9.47 Å². The van der Waals surface area contributed by atoms with Crippen molar-refractivity contribution in [3.8, 4) is 22.7 Å². The van der Waals surface area contributed by atoms with Gasteiger partial charge in [0.2, 0.25) is 5.91 Å². The number of thiazole rings is 1. The van der Waals surface area contributed by atoms with E-state index >= 15 is 0 Å². The summed E-state index contributed by atoms with van der Waals surface area (Å²) in [6, 6.07) is 15.0. The van der Waals surface area contributed by atoms with Gasteiger partial charge in [0, 0.05) is 49.5 Å². The molecule has 1 saturated heterocycles. The number of benzene rings is 2. The Bertz CT molecular complexity index is 1530. The fraction of sp³-hybridized carbons (Fsp3) is 0.367. The molecule has 202 valence electrons. The van der Waals surface area contributed by atoms with Crippen LogP contribution < -0.4 is 4.74 Å². The number of aryl methyl sites for hydroxylation is 3. The highest BCUT2D eigenvalue weighted by atomic mass is 32.1. The lowest BCUT2D eigenvalue weighted by atomic mass is 9.90. The molecular weight excluding hydrogens is 512 g/mol. The second-order valence-corrected chi connectivity index (χ2v) is 10.8. The van der Waals surface area contributed by atoms with E-state index in [0.717, 1.165) is 40.2 Å². The van der Waals surface area contributed by atoms with Crippen molar-refractivity contribution in [3.63, 3.8) is 0 Å². The van der Waals surface area contributed by atoms with Crippen LogP contribution in [0.5, 0.6) is 5.75 Å². The highest BCUT2D eigenvalue weighted by Crippen LogP contribution is 2.40. The Hall–Kier alpha value is -3.85. The van der Waals surface area contributed by atoms with Gasteiger partial charge in [0.1, 0.15) is 5.75 Å². The van der Waals surface area contributed by atoms with Gasteiger partial charge in [-0.3, -0.25) is 4.79 Å². The molecule has 0 saturated carbocycles. The van der Waals surface area contributed by atoms with Gasteiger partial charge < -0.3 is 23.8 Å². The maximum Gasteiger partial charge on any atom is 0.409 e. The van der Waals surface area contributed by atoms with Crippen LogP contribution >= 0.6 is 11.3 Å². The van der Waals surface area contributed by atoms with Crippen molar-refractivity contribution in [2.45, 2.75) is 32.6 Å². The Labute approximate surface area is 231 Å². The first-order valence-electron chi connectivity index (χ1n) is 13.5. The van der Waals surface area contributed by atoms with Gasteiger partial charge in [0.25, 0.3) is 0 Å². The number of rotatable bonds is 6. The summed E-state index contributed by atoms with van der Waals surface area (Å²) >= 11 is 1.64. The van der Waals surface area contributed by atoms with Crippen molar-refractivity contribution in [1.82, 2.24) is 19.4 Å². The number of aromatic nitrogens is 2. The van der Waals surface area contributed by atoms with Crippen molar-refractivity contribution in [1.29, 1.82) is 0 Å². The van der Waals surface area contributed by atoms with Crippen molar-refractivity contribution in [3.05, 3.63) is 64.8 Å². The molecule has 0 bridgehead atoms. The first-order valence-corrected chi connectivity index (χ1v) is 14.4. The summed E-state index contributed by atoms with van der Waals surface area (Å²) in [7, 11) is 1.70. The predicted octanol–water partition coefficient (Wildman–Crippen LogP) is 5.09. The molecule has 2 aromatic heterocycles. The minimum atomic E-state index is -0.302.